The summed E-state index contributed by atoms with van der Waals surface area (Å²) in [7, 11) is 0. The zero-order chi connectivity index (χ0) is 67.3. The molecular weight excluding hydrogens is 1250 g/mol. The number of furan rings is 2. The zero-order valence-corrected chi connectivity index (χ0v) is 54.6. The van der Waals surface area contributed by atoms with Crippen molar-refractivity contribution in [3.05, 3.63) is 384 Å². The smallest absolute Gasteiger partial charge is 0.167 e. The minimum absolute atomic E-state index is 0.482. The van der Waals surface area contributed by atoms with Gasteiger partial charge in [-0.2, -0.15) is 0 Å². The minimum atomic E-state index is -0.861. The lowest BCUT2D eigenvalue weighted by Gasteiger charge is -2.42. The summed E-state index contributed by atoms with van der Waals surface area (Å²) in [6.07, 6.45) is 0. The molecule has 1 unspecified atom stereocenters. The Morgan fingerprint density at radius 1 is 0.206 bits per heavy atom. The van der Waals surface area contributed by atoms with Crippen molar-refractivity contribution in [1.82, 2.24) is 29.9 Å². The lowest BCUT2D eigenvalue weighted by molar-refractivity contribution is 0.434. The normalized spacial score (nSPS) is 14.2. The third-order valence-electron chi connectivity index (χ3n) is 20.3. The van der Waals surface area contributed by atoms with Crippen molar-refractivity contribution in [2.24, 2.45) is 0 Å². The lowest BCUT2D eigenvalue weighted by Crippen LogP contribution is -2.34. The molecule has 102 heavy (non-hydrogen) atoms. The number of fused-ring (bicyclic) bond motifs is 10. The molecule has 0 saturated heterocycles. The van der Waals surface area contributed by atoms with Crippen molar-refractivity contribution in [2.75, 3.05) is 0 Å². The summed E-state index contributed by atoms with van der Waals surface area (Å²) in [5.41, 5.74) is 17.0. The molecule has 0 fully saturated rings. The number of nitrogens with zero attached hydrogens (tertiary/aromatic N) is 6. The SMILES string of the molecule is c1ccc(-c2nc(-c3ccc4oc5ccccc5c4c3)nc(-c3cccc4c3Oc3ccccc3C4(c3ccccc3)c3ccc(-c4ccc(-c5nc(-c6ccc7c(c6)Oc6ccccc6C7(c6ccccc6)c6ccccc6)nc(-c6ccc7oc8ccccc8c7c6)n5)cc4)cc3)n2)cc1. The van der Waals surface area contributed by atoms with Gasteiger partial charge in [-0.15, -0.1) is 0 Å². The summed E-state index contributed by atoms with van der Waals surface area (Å²) >= 11 is 0. The average molecular weight is 1310 g/mol. The molecule has 0 spiro atoms. The molecule has 10 nitrogen and oxygen atoms in total. The molecule has 0 saturated carbocycles. The highest BCUT2D eigenvalue weighted by atomic mass is 16.5. The predicted molar refractivity (Wildman–Crippen MR) is 403 cm³/mol. The molecule has 478 valence electrons. The van der Waals surface area contributed by atoms with Gasteiger partial charge in [0.25, 0.3) is 0 Å². The van der Waals surface area contributed by atoms with Gasteiger partial charge in [-0.1, -0.05) is 267 Å². The van der Waals surface area contributed by atoms with Crippen molar-refractivity contribution in [2.45, 2.75) is 10.8 Å². The van der Waals surface area contributed by atoms with Crippen LogP contribution < -0.4 is 9.47 Å². The second-order valence-electron chi connectivity index (χ2n) is 25.9. The number of ether oxygens (including phenoxy) is 2. The summed E-state index contributed by atoms with van der Waals surface area (Å²) in [6, 6.07) is 118. The Bertz CT molecular complexity index is 6280. The van der Waals surface area contributed by atoms with Crippen molar-refractivity contribution >= 4 is 43.9 Å². The van der Waals surface area contributed by atoms with E-state index in [0.29, 0.717) is 40.7 Å². The maximum absolute atomic E-state index is 7.22. The molecule has 2 aliphatic rings. The molecule has 0 N–H and O–H groups in total. The van der Waals surface area contributed by atoms with Crippen LogP contribution in [0.4, 0.5) is 0 Å². The standard InChI is InChI=1S/C92H56N6O4/c1-5-22-59(23-6-1)85-93-88(62-48-53-80-72(55-62)69-31-14-18-37-78(69)100-80)98-90(97-85)70-32-21-35-76-84(70)102-82-39-20-16-34-74(82)92(76,66-28-11-4-12-29-66)67-49-44-58(45-50-67)57-40-42-60(43-41-57)86-94-87(61-47-52-79-71(54-61)68-30-13-17-36-77(68)99-79)96-89(95-86)63-46-51-75-83(56-63)101-81-38-19-15-33-73(81)91(75,64-24-7-2-8-25-64)65-26-9-3-10-27-65/h1-56H. The number of hydrogen-bond donors (Lipinski definition) is 0. The van der Waals surface area contributed by atoms with Gasteiger partial charge < -0.3 is 18.3 Å². The molecule has 20 rings (SSSR count). The van der Waals surface area contributed by atoms with Crippen molar-refractivity contribution < 1.29 is 18.3 Å². The van der Waals surface area contributed by atoms with Gasteiger partial charge in [0.05, 0.1) is 16.4 Å². The highest BCUT2D eigenvalue weighted by Gasteiger charge is 2.48. The van der Waals surface area contributed by atoms with Gasteiger partial charge in [0.1, 0.15) is 45.3 Å². The Hall–Kier alpha value is -13.7. The van der Waals surface area contributed by atoms with E-state index in [4.69, 9.17) is 48.2 Å². The average Bonchev–Trinajstić information content (AvgIpc) is 1.24. The van der Waals surface area contributed by atoms with Crippen molar-refractivity contribution in [3.63, 3.8) is 0 Å². The van der Waals surface area contributed by atoms with E-state index in [-0.39, 0.29) is 0 Å². The first-order valence-electron chi connectivity index (χ1n) is 34.1. The summed E-state index contributed by atoms with van der Waals surface area (Å²) in [5, 5.41) is 4.00. The molecule has 18 aromatic rings. The number of benzene rings is 14. The number of para-hydroxylation sites is 5. The van der Waals surface area contributed by atoms with Gasteiger partial charge in [-0.25, -0.2) is 29.9 Å². The summed E-state index contributed by atoms with van der Waals surface area (Å²) < 4.78 is 26.8. The van der Waals surface area contributed by atoms with Gasteiger partial charge in [0, 0.05) is 71.6 Å². The highest BCUT2D eigenvalue weighted by Crippen LogP contribution is 2.59. The van der Waals surface area contributed by atoms with Gasteiger partial charge in [0.15, 0.2) is 34.9 Å². The maximum atomic E-state index is 7.22. The van der Waals surface area contributed by atoms with E-state index in [0.717, 1.165) is 150 Å². The van der Waals surface area contributed by atoms with E-state index in [1.54, 1.807) is 0 Å². The first kappa shape index (κ1) is 58.5. The van der Waals surface area contributed by atoms with E-state index in [9.17, 15) is 0 Å². The lowest BCUT2D eigenvalue weighted by atomic mass is 9.63. The molecular formula is C92H56N6O4. The molecule has 0 bridgehead atoms. The van der Waals surface area contributed by atoms with Crippen LogP contribution in [0.5, 0.6) is 23.0 Å². The van der Waals surface area contributed by atoms with Gasteiger partial charge in [-0.05, 0) is 106 Å². The van der Waals surface area contributed by atoms with Crippen LogP contribution in [-0.2, 0) is 10.8 Å². The van der Waals surface area contributed by atoms with Crippen LogP contribution in [0.2, 0.25) is 0 Å². The van der Waals surface area contributed by atoms with E-state index in [1.165, 1.54) is 0 Å². The molecule has 0 amide bonds. The Labute approximate surface area is 586 Å². The topological polar surface area (TPSA) is 122 Å². The quantitative estimate of drug-likeness (QED) is 0.124. The van der Waals surface area contributed by atoms with E-state index < -0.39 is 10.8 Å². The number of rotatable bonds is 11. The van der Waals surface area contributed by atoms with Crippen molar-refractivity contribution in [1.29, 1.82) is 0 Å². The fraction of sp³-hybridized carbons (Fsp3) is 0.0217. The molecule has 6 heterocycles. The van der Waals surface area contributed by atoms with Gasteiger partial charge in [-0.3, -0.25) is 0 Å². The first-order chi connectivity index (χ1) is 50.5. The fourth-order valence-corrected chi connectivity index (χ4v) is 15.6. The van der Waals surface area contributed by atoms with Gasteiger partial charge >= 0.3 is 0 Å². The van der Waals surface area contributed by atoms with Crippen LogP contribution in [0.25, 0.3) is 123 Å². The maximum Gasteiger partial charge on any atom is 0.167 e. The first-order valence-corrected chi connectivity index (χ1v) is 34.1. The fourth-order valence-electron chi connectivity index (χ4n) is 15.6. The zero-order valence-electron chi connectivity index (χ0n) is 54.6. The molecule has 14 aromatic carbocycles. The highest BCUT2D eigenvalue weighted by molar-refractivity contribution is 6.07. The largest absolute Gasteiger partial charge is 0.457 e. The minimum Gasteiger partial charge on any atom is -0.457 e. The molecule has 1 atom stereocenters. The monoisotopic (exact) mass is 1310 g/mol. The van der Waals surface area contributed by atoms with E-state index >= 15 is 0 Å². The Kier molecular flexibility index (Phi) is 13.5. The number of aromatic nitrogens is 6. The molecule has 2 aliphatic heterocycles. The van der Waals surface area contributed by atoms with Crippen molar-refractivity contribution in [3.8, 4) is 102 Å². The van der Waals surface area contributed by atoms with Crippen LogP contribution in [0.1, 0.15) is 44.5 Å². The Morgan fingerprint density at radius 2 is 0.559 bits per heavy atom. The van der Waals surface area contributed by atoms with Crippen LogP contribution >= 0.6 is 0 Å². The molecule has 0 aliphatic carbocycles. The van der Waals surface area contributed by atoms with Crippen LogP contribution in [0.15, 0.2) is 349 Å². The Balaban J connectivity index is 0.697. The van der Waals surface area contributed by atoms with Crippen LogP contribution in [-0.4, -0.2) is 29.9 Å². The van der Waals surface area contributed by atoms with Gasteiger partial charge in [0.2, 0.25) is 0 Å². The summed E-state index contributed by atoms with van der Waals surface area (Å²) in [5.74, 6) is 6.00. The molecule has 4 aromatic heterocycles. The molecule has 10 heteroatoms. The number of hydrogen-bond acceptors (Lipinski definition) is 10. The summed E-state index contributed by atoms with van der Waals surface area (Å²) in [4.78, 5) is 31.8. The second-order valence-corrected chi connectivity index (χ2v) is 25.9. The van der Waals surface area contributed by atoms with E-state index in [2.05, 4.69) is 237 Å². The predicted octanol–water partition coefficient (Wildman–Crippen LogP) is 22.5. The van der Waals surface area contributed by atoms with Crippen LogP contribution in [0, 0.1) is 0 Å². The van der Waals surface area contributed by atoms with Crippen LogP contribution in [0.3, 0.4) is 0 Å². The summed E-state index contributed by atoms with van der Waals surface area (Å²) in [6.45, 7) is 0. The third kappa shape index (κ3) is 9.34. The van der Waals surface area contributed by atoms with E-state index in [1.807, 2.05) is 103 Å². The molecule has 0 radical (unpaired) electrons. The third-order valence-corrected chi connectivity index (χ3v) is 20.3. The Morgan fingerprint density at radius 3 is 1.10 bits per heavy atom. The second kappa shape index (κ2) is 23.5.